The predicted octanol–water partition coefficient (Wildman–Crippen LogP) is 5.10. The number of Topliss-reactive ketones (excluding diaryl/α,β-unsaturated/α-hetero) is 1. The van der Waals surface area contributed by atoms with Gasteiger partial charge in [-0.3, -0.25) is 4.79 Å². The Labute approximate surface area is 141 Å². The van der Waals surface area contributed by atoms with Gasteiger partial charge in [-0.25, -0.2) is 14.4 Å². The number of carbonyl (C=O) groups is 1. The number of para-hydroxylation sites is 1. The second-order valence-electron chi connectivity index (χ2n) is 4.78. The van der Waals surface area contributed by atoms with E-state index in [0.717, 1.165) is 10.2 Å². The summed E-state index contributed by atoms with van der Waals surface area (Å²) in [6, 6.07) is 13.4. The summed E-state index contributed by atoms with van der Waals surface area (Å²) in [6.07, 6.45) is 2.06. The summed E-state index contributed by atoms with van der Waals surface area (Å²) in [5, 5.41) is 1.33. The fourth-order valence-corrected chi connectivity index (χ4v) is 3.42. The van der Waals surface area contributed by atoms with Gasteiger partial charge in [-0.2, -0.15) is 0 Å². The third-order valence-corrected chi connectivity index (χ3v) is 4.85. The first-order valence-electron chi connectivity index (χ1n) is 6.91. The zero-order valence-electron chi connectivity index (χ0n) is 12.3. The largest absolute Gasteiger partial charge is 0.294 e. The number of fused-ring (bicyclic) bond motifs is 1. The second-order valence-corrected chi connectivity index (χ2v) is 6.67. The van der Waals surface area contributed by atoms with Gasteiger partial charge in [0.15, 0.2) is 5.78 Å². The van der Waals surface area contributed by atoms with Crippen molar-refractivity contribution < 1.29 is 9.18 Å². The second kappa shape index (κ2) is 7.02. The first-order chi connectivity index (χ1) is 11.2. The molecule has 0 amide bonds. The van der Waals surface area contributed by atoms with Gasteiger partial charge in [0, 0.05) is 5.56 Å². The molecule has 1 aromatic heterocycles. The quantitative estimate of drug-likeness (QED) is 0.375. The molecule has 0 radical (unpaired) electrons. The van der Waals surface area contributed by atoms with Gasteiger partial charge in [-0.15, -0.1) is 11.8 Å². The molecule has 3 nitrogen and oxygen atoms in total. The Morgan fingerprint density at radius 2 is 1.96 bits per heavy atom. The lowest BCUT2D eigenvalue weighted by molar-refractivity contribution is 0.100. The molecule has 3 rings (SSSR count). The van der Waals surface area contributed by atoms with Crippen LogP contribution in [0.5, 0.6) is 0 Å². The summed E-state index contributed by atoms with van der Waals surface area (Å²) in [7, 11) is 0. The number of rotatable bonds is 4. The predicted molar refractivity (Wildman–Crippen MR) is 95.6 cm³/mol. The Kier molecular flexibility index (Phi) is 4.83. The average Bonchev–Trinajstić information content (AvgIpc) is 2.97. The molecule has 116 valence electrons. The number of benzene rings is 2. The van der Waals surface area contributed by atoms with E-state index in [1.807, 2.05) is 30.5 Å². The topological polar surface area (TPSA) is 42.3 Å². The first kappa shape index (κ1) is 15.8. The lowest BCUT2D eigenvalue weighted by Gasteiger charge is -2.02. The Morgan fingerprint density at radius 1 is 1.22 bits per heavy atom. The normalized spacial score (nSPS) is 11.8. The number of thioether (sulfide) groups is 1. The SMILES string of the molecule is CS/C(CC(=O)c1ccc(F)cc1)=N\c1nc2ccccc2s1. The zero-order chi connectivity index (χ0) is 16.2. The molecule has 0 saturated heterocycles. The number of hydrogen-bond donors (Lipinski definition) is 0. The van der Waals surface area contributed by atoms with Crippen molar-refractivity contribution in [2.75, 3.05) is 6.26 Å². The minimum atomic E-state index is -0.352. The monoisotopic (exact) mass is 344 g/mol. The van der Waals surface area contributed by atoms with Crippen molar-refractivity contribution in [3.63, 3.8) is 0 Å². The van der Waals surface area contributed by atoms with Crippen molar-refractivity contribution in [1.82, 2.24) is 4.98 Å². The van der Waals surface area contributed by atoms with Crippen molar-refractivity contribution in [2.24, 2.45) is 4.99 Å². The maximum Gasteiger partial charge on any atom is 0.210 e. The average molecular weight is 344 g/mol. The molecule has 0 bridgehead atoms. The molecule has 0 spiro atoms. The third kappa shape index (κ3) is 3.83. The maximum atomic E-state index is 12.9. The third-order valence-electron chi connectivity index (χ3n) is 3.22. The summed E-state index contributed by atoms with van der Waals surface area (Å²) >= 11 is 2.92. The number of carbonyl (C=O) groups excluding carboxylic acids is 1. The van der Waals surface area contributed by atoms with E-state index in [2.05, 4.69) is 9.98 Å². The van der Waals surface area contributed by atoms with E-state index < -0.39 is 0 Å². The van der Waals surface area contributed by atoms with Crippen LogP contribution in [0.2, 0.25) is 0 Å². The van der Waals surface area contributed by atoms with Crippen molar-refractivity contribution in [3.8, 4) is 0 Å². The van der Waals surface area contributed by atoms with E-state index >= 15 is 0 Å². The van der Waals surface area contributed by atoms with Crippen LogP contribution >= 0.6 is 23.1 Å². The standard InChI is InChI=1S/C17H13FN2OS2/c1-22-16(10-14(21)11-6-8-12(18)9-7-11)20-17-19-13-4-2-3-5-15(13)23-17/h2-9H,10H2,1H3/b20-16-. The Hall–Kier alpha value is -2.05. The molecule has 2 aromatic carbocycles. The molecular formula is C17H13FN2OS2. The number of thiazole rings is 1. The van der Waals surface area contributed by atoms with Gasteiger partial charge >= 0.3 is 0 Å². The van der Waals surface area contributed by atoms with Gasteiger partial charge in [0.1, 0.15) is 5.82 Å². The van der Waals surface area contributed by atoms with E-state index in [9.17, 15) is 9.18 Å². The van der Waals surface area contributed by atoms with Crippen LogP contribution in [-0.4, -0.2) is 22.1 Å². The molecule has 0 aliphatic heterocycles. The molecule has 0 unspecified atom stereocenters. The molecule has 0 N–H and O–H groups in total. The first-order valence-corrected chi connectivity index (χ1v) is 8.96. The summed E-state index contributed by atoms with van der Waals surface area (Å²) in [6.45, 7) is 0. The molecule has 0 saturated carbocycles. The van der Waals surface area contributed by atoms with Crippen LogP contribution in [0, 0.1) is 5.82 Å². The number of halogens is 1. The number of nitrogens with zero attached hydrogens (tertiary/aromatic N) is 2. The van der Waals surface area contributed by atoms with Crippen molar-refractivity contribution in [3.05, 3.63) is 59.9 Å². The van der Waals surface area contributed by atoms with Crippen molar-refractivity contribution in [1.29, 1.82) is 0 Å². The van der Waals surface area contributed by atoms with Gasteiger partial charge < -0.3 is 0 Å². The van der Waals surface area contributed by atoms with E-state index in [0.29, 0.717) is 15.7 Å². The lowest BCUT2D eigenvalue weighted by atomic mass is 10.1. The van der Waals surface area contributed by atoms with Crippen LogP contribution < -0.4 is 0 Å². The van der Waals surface area contributed by atoms with Crippen LogP contribution in [0.15, 0.2) is 53.5 Å². The Balaban J connectivity index is 1.81. The molecule has 0 atom stereocenters. The van der Waals surface area contributed by atoms with Crippen molar-refractivity contribution in [2.45, 2.75) is 6.42 Å². The minimum absolute atomic E-state index is 0.0841. The highest BCUT2D eigenvalue weighted by molar-refractivity contribution is 8.13. The van der Waals surface area contributed by atoms with Crippen LogP contribution in [0.1, 0.15) is 16.8 Å². The number of ketones is 1. The summed E-state index contributed by atoms with van der Waals surface area (Å²) < 4.78 is 14.0. The highest BCUT2D eigenvalue weighted by atomic mass is 32.2. The lowest BCUT2D eigenvalue weighted by Crippen LogP contribution is -2.05. The molecule has 6 heteroatoms. The summed E-state index contributed by atoms with van der Waals surface area (Å²) in [4.78, 5) is 21.2. The fourth-order valence-electron chi connectivity index (χ4n) is 2.05. The highest BCUT2D eigenvalue weighted by Gasteiger charge is 2.11. The van der Waals surface area contributed by atoms with Gasteiger partial charge in [-0.05, 0) is 42.7 Å². The number of hydrogen-bond acceptors (Lipinski definition) is 5. The number of aromatic nitrogens is 1. The van der Waals surface area contributed by atoms with Crippen LogP contribution in [0.3, 0.4) is 0 Å². The summed E-state index contributed by atoms with van der Waals surface area (Å²) in [5.41, 5.74) is 1.39. The molecule has 3 aromatic rings. The minimum Gasteiger partial charge on any atom is -0.294 e. The molecule has 0 aliphatic carbocycles. The smallest absolute Gasteiger partial charge is 0.210 e. The fraction of sp³-hybridized carbons (Fsp3) is 0.118. The molecule has 23 heavy (non-hydrogen) atoms. The van der Waals surface area contributed by atoms with Crippen LogP contribution in [-0.2, 0) is 0 Å². The number of aliphatic imine (C=N–C) groups is 1. The highest BCUT2D eigenvalue weighted by Crippen LogP contribution is 2.29. The van der Waals surface area contributed by atoms with Crippen LogP contribution in [0.25, 0.3) is 10.2 Å². The van der Waals surface area contributed by atoms with Gasteiger partial charge in [0.25, 0.3) is 0 Å². The molecule has 0 fully saturated rings. The van der Waals surface area contributed by atoms with Crippen LogP contribution in [0.4, 0.5) is 9.52 Å². The Bertz CT molecular complexity index is 839. The van der Waals surface area contributed by atoms with E-state index in [1.165, 1.54) is 47.4 Å². The molecule has 0 aliphatic rings. The zero-order valence-corrected chi connectivity index (χ0v) is 14.0. The van der Waals surface area contributed by atoms with Gasteiger partial charge in [-0.1, -0.05) is 23.5 Å². The maximum absolute atomic E-state index is 12.9. The molecular weight excluding hydrogens is 331 g/mol. The van der Waals surface area contributed by atoms with E-state index in [1.54, 1.807) is 0 Å². The van der Waals surface area contributed by atoms with Crippen molar-refractivity contribution >= 4 is 49.3 Å². The Morgan fingerprint density at radius 3 is 2.65 bits per heavy atom. The van der Waals surface area contributed by atoms with E-state index in [-0.39, 0.29) is 18.0 Å². The van der Waals surface area contributed by atoms with Gasteiger partial charge in [0.05, 0.1) is 21.7 Å². The van der Waals surface area contributed by atoms with E-state index in [4.69, 9.17) is 0 Å². The summed E-state index contributed by atoms with van der Waals surface area (Å²) in [5.74, 6) is -0.436. The molecule has 1 heterocycles. The van der Waals surface area contributed by atoms with Gasteiger partial charge in [0.2, 0.25) is 5.13 Å².